The van der Waals surface area contributed by atoms with Gasteiger partial charge in [0.25, 0.3) is 6.43 Å². The molecule has 0 unspecified atom stereocenters. The van der Waals surface area contributed by atoms with Gasteiger partial charge in [0.2, 0.25) is 11.6 Å². The molecule has 0 saturated carbocycles. The summed E-state index contributed by atoms with van der Waals surface area (Å²) in [7, 11) is 1.54. The van der Waals surface area contributed by atoms with Gasteiger partial charge in [-0.1, -0.05) is 0 Å². The van der Waals surface area contributed by atoms with Gasteiger partial charge < -0.3 is 4.90 Å². The van der Waals surface area contributed by atoms with Crippen molar-refractivity contribution in [2.75, 3.05) is 7.05 Å². The highest BCUT2D eigenvalue weighted by Gasteiger charge is 2.31. The molecule has 0 saturated heterocycles. The molecule has 2 rings (SSSR count). The topological polar surface area (TPSA) is 99.1 Å². The fraction of sp³-hybridized carbons (Fsp3) is 0.500. The van der Waals surface area contributed by atoms with E-state index in [-0.39, 0.29) is 18.8 Å². The lowest BCUT2D eigenvalue weighted by atomic mass is 10.3. The van der Waals surface area contributed by atoms with E-state index >= 15 is 0 Å². The molecule has 0 bridgehead atoms. The van der Waals surface area contributed by atoms with E-state index < -0.39 is 28.6 Å². The first-order valence-corrected chi connectivity index (χ1v) is 7.50. The van der Waals surface area contributed by atoms with Gasteiger partial charge >= 0.3 is 5.69 Å². The Kier molecular flexibility index (Phi) is 5.45. The van der Waals surface area contributed by atoms with Crippen LogP contribution < -0.4 is 0 Å². The Morgan fingerprint density at radius 1 is 1.44 bits per heavy atom. The van der Waals surface area contributed by atoms with Crippen molar-refractivity contribution in [1.29, 1.82) is 0 Å². The third-order valence-electron chi connectivity index (χ3n) is 3.72. The highest BCUT2D eigenvalue weighted by molar-refractivity contribution is 5.75. The van der Waals surface area contributed by atoms with Crippen LogP contribution in [-0.4, -0.2) is 42.3 Å². The van der Waals surface area contributed by atoms with Gasteiger partial charge in [-0.15, -0.1) is 0 Å². The van der Waals surface area contributed by atoms with Crippen LogP contribution in [0.2, 0.25) is 0 Å². The van der Waals surface area contributed by atoms with E-state index in [9.17, 15) is 23.7 Å². The fourth-order valence-electron chi connectivity index (χ4n) is 2.33. The lowest BCUT2D eigenvalue weighted by Crippen LogP contribution is -2.30. The Morgan fingerprint density at radius 2 is 2.12 bits per heavy atom. The quantitative estimate of drug-likeness (QED) is 0.557. The van der Waals surface area contributed by atoms with Crippen LogP contribution in [0.15, 0.2) is 12.3 Å². The van der Waals surface area contributed by atoms with E-state index in [0.29, 0.717) is 12.2 Å². The summed E-state index contributed by atoms with van der Waals surface area (Å²) in [5.41, 5.74) is -1.10. The van der Waals surface area contributed by atoms with Crippen LogP contribution in [0.4, 0.5) is 14.5 Å². The average Bonchev–Trinajstić information content (AvgIpc) is 3.12. The molecule has 0 spiro atoms. The maximum Gasteiger partial charge on any atom is 0.319 e. The van der Waals surface area contributed by atoms with Gasteiger partial charge in [0.05, 0.1) is 17.2 Å². The highest BCUT2D eigenvalue weighted by atomic mass is 19.3. The summed E-state index contributed by atoms with van der Waals surface area (Å²) in [6, 6.07) is 1.77. The second-order valence-corrected chi connectivity index (χ2v) is 5.45. The van der Waals surface area contributed by atoms with Crippen LogP contribution in [-0.2, 0) is 24.4 Å². The van der Waals surface area contributed by atoms with Crippen molar-refractivity contribution in [2.45, 2.75) is 39.9 Å². The van der Waals surface area contributed by atoms with Gasteiger partial charge in [-0.2, -0.15) is 10.2 Å². The Labute approximate surface area is 142 Å². The molecule has 9 nitrogen and oxygen atoms in total. The van der Waals surface area contributed by atoms with Gasteiger partial charge in [-0.05, 0) is 19.9 Å². The minimum atomic E-state index is -3.09. The number of nitro groups is 1. The monoisotopic (exact) mass is 356 g/mol. The Hall–Kier alpha value is -2.85. The molecule has 0 aliphatic heterocycles. The first-order valence-electron chi connectivity index (χ1n) is 7.50. The zero-order chi connectivity index (χ0) is 18.7. The number of hydrogen-bond acceptors (Lipinski definition) is 5. The SMILES string of the molecule is CCn1ccc(CN(C)C(=O)Cn2nc(C(F)F)c([N+](=O)[O-])c2C)n1. The average molecular weight is 356 g/mol. The standard InChI is InChI=1S/C14H18F2N6O3/c1-4-20-6-5-10(17-20)7-19(3)11(23)8-21-9(2)13(22(24)25)12(18-21)14(15)16/h5-6,14H,4,7-8H2,1-3H3. The summed E-state index contributed by atoms with van der Waals surface area (Å²) in [4.78, 5) is 23.7. The van der Waals surface area contributed by atoms with Gasteiger partial charge in [0, 0.05) is 19.8 Å². The van der Waals surface area contributed by atoms with Crippen molar-refractivity contribution in [3.8, 4) is 0 Å². The maximum atomic E-state index is 12.9. The molecule has 2 aromatic heterocycles. The summed E-state index contributed by atoms with van der Waals surface area (Å²) >= 11 is 0. The minimum absolute atomic E-state index is 0.0858. The number of amides is 1. The normalized spacial score (nSPS) is 11.1. The number of nitrogens with zero attached hydrogens (tertiary/aromatic N) is 6. The van der Waals surface area contributed by atoms with Gasteiger partial charge in [0.15, 0.2) is 0 Å². The van der Waals surface area contributed by atoms with Crippen LogP contribution >= 0.6 is 0 Å². The molecule has 136 valence electrons. The third-order valence-corrected chi connectivity index (χ3v) is 3.72. The lowest BCUT2D eigenvalue weighted by Gasteiger charge is -2.16. The minimum Gasteiger partial charge on any atom is -0.338 e. The number of rotatable bonds is 7. The lowest BCUT2D eigenvalue weighted by molar-refractivity contribution is -0.386. The van der Waals surface area contributed by atoms with Gasteiger partial charge in [-0.25, -0.2) is 8.78 Å². The second kappa shape index (κ2) is 7.36. The van der Waals surface area contributed by atoms with Crippen LogP contribution in [0, 0.1) is 17.0 Å². The molecule has 0 fully saturated rings. The maximum absolute atomic E-state index is 12.9. The molecule has 1 amide bonds. The van der Waals surface area contributed by atoms with Crippen LogP contribution in [0.1, 0.15) is 30.4 Å². The predicted molar refractivity (Wildman–Crippen MR) is 83.0 cm³/mol. The van der Waals surface area contributed by atoms with E-state index in [4.69, 9.17) is 0 Å². The van der Waals surface area contributed by atoms with Crippen molar-refractivity contribution in [2.24, 2.45) is 0 Å². The molecule has 2 aromatic rings. The van der Waals surface area contributed by atoms with Crippen molar-refractivity contribution in [3.05, 3.63) is 39.5 Å². The summed E-state index contributed by atoms with van der Waals surface area (Å²) in [6.45, 7) is 3.78. The Morgan fingerprint density at radius 3 is 2.60 bits per heavy atom. The van der Waals surface area contributed by atoms with Crippen LogP contribution in [0.25, 0.3) is 0 Å². The van der Waals surface area contributed by atoms with Gasteiger partial charge in [-0.3, -0.25) is 24.3 Å². The third kappa shape index (κ3) is 3.98. The van der Waals surface area contributed by atoms with E-state index in [1.54, 1.807) is 16.9 Å². The van der Waals surface area contributed by atoms with E-state index in [1.807, 2.05) is 6.92 Å². The van der Waals surface area contributed by atoms with Crippen molar-refractivity contribution >= 4 is 11.6 Å². The number of aromatic nitrogens is 4. The smallest absolute Gasteiger partial charge is 0.319 e. The molecule has 0 aromatic carbocycles. The zero-order valence-electron chi connectivity index (χ0n) is 14.0. The van der Waals surface area contributed by atoms with Crippen molar-refractivity contribution in [1.82, 2.24) is 24.5 Å². The van der Waals surface area contributed by atoms with E-state index in [0.717, 1.165) is 4.68 Å². The summed E-state index contributed by atoms with van der Waals surface area (Å²) in [5.74, 6) is -0.424. The highest BCUT2D eigenvalue weighted by Crippen LogP contribution is 2.30. The van der Waals surface area contributed by atoms with Crippen molar-refractivity contribution < 1.29 is 18.5 Å². The summed E-state index contributed by atoms with van der Waals surface area (Å²) in [5, 5.41) is 18.8. The summed E-state index contributed by atoms with van der Waals surface area (Å²) < 4.78 is 28.5. The zero-order valence-corrected chi connectivity index (χ0v) is 14.0. The molecule has 0 aliphatic rings. The second-order valence-electron chi connectivity index (χ2n) is 5.45. The number of carbonyl (C=O) groups excluding carboxylic acids is 1. The Balaban J connectivity index is 2.14. The largest absolute Gasteiger partial charge is 0.338 e. The number of likely N-dealkylation sites (N-methyl/N-ethyl adjacent to an activating group) is 1. The molecule has 0 radical (unpaired) electrons. The summed E-state index contributed by atoms with van der Waals surface area (Å²) in [6.07, 6.45) is -1.31. The number of carbonyl (C=O) groups is 1. The first kappa shape index (κ1) is 18.5. The molecular weight excluding hydrogens is 338 g/mol. The number of aryl methyl sites for hydroxylation is 1. The van der Waals surface area contributed by atoms with Crippen molar-refractivity contribution in [3.63, 3.8) is 0 Å². The van der Waals surface area contributed by atoms with E-state index in [2.05, 4.69) is 10.2 Å². The molecule has 11 heteroatoms. The number of hydrogen-bond donors (Lipinski definition) is 0. The number of alkyl halides is 2. The molecular formula is C14H18F2N6O3. The Bertz CT molecular complexity index is 786. The van der Waals surface area contributed by atoms with E-state index in [1.165, 1.54) is 18.9 Å². The molecule has 0 atom stereocenters. The molecule has 0 N–H and O–H groups in total. The molecule has 25 heavy (non-hydrogen) atoms. The predicted octanol–water partition coefficient (Wildman–Crippen LogP) is 1.91. The number of halogens is 2. The first-order chi connectivity index (χ1) is 11.7. The van der Waals surface area contributed by atoms with Gasteiger partial charge in [0.1, 0.15) is 12.2 Å². The molecule has 2 heterocycles. The fourth-order valence-corrected chi connectivity index (χ4v) is 2.33. The van der Waals surface area contributed by atoms with Crippen LogP contribution in [0.5, 0.6) is 0 Å². The molecule has 0 aliphatic carbocycles. The van der Waals surface area contributed by atoms with Crippen LogP contribution in [0.3, 0.4) is 0 Å².